The molecule has 8 heteroatoms. The van der Waals surface area contributed by atoms with Crippen molar-refractivity contribution in [1.29, 1.82) is 0 Å². The second kappa shape index (κ2) is 8.16. The summed E-state index contributed by atoms with van der Waals surface area (Å²) in [7, 11) is 0. The van der Waals surface area contributed by atoms with E-state index in [0.29, 0.717) is 53.7 Å². The van der Waals surface area contributed by atoms with E-state index >= 15 is 0 Å². The number of thioether (sulfide) groups is 1. The van der Waals surface area contributed by atoms with Gasteiger partial charge in [0.05, 0.1) is 11.1 Å². The van der Waals surface area contributed by atoms with Crippen molar-refractivity contribution in [1.82, 2.24) is 4.90 Å². The molecular weight excluding hydrogens is 392 g/mol. The van der Waals surface area contributed by atoms with E-state index in [4.69, 9.17) is 9.47 Å². The summed E-state index contributed by atoms with van der Waals surface area (Å²) in [5.74, 6) is 0.518. The Morgan fingerprint density at radius 3 is 2.38 bits per heavy atom. The third kappa shape index (κ3) is 3.67. The van der Waals surface area contributed by atoms with Gasteiger partial charge in [-0.05, 0) is 42.7 Å². The average Bonchev–Trinajstić information content (AvgIpc) is 2.99. The second-order valence-electron chi connectivity index (χ2n) is 6.67. The minimum absolute atomic E-state index is 0.332. The number of carbonyl (C=O) groups excluding carboxylic acids is 3. The number of rotatable bonds is 6. The Balaban J connectivity index is 1.58. The van der Waals surface area contributed by atoms with Crippen LogP contribution in [-0.2, 0) is 4.79 Å². The number of hydrogen-bond acceptors (Lipinski definition) is 6. The number of amides is 3. The summed E-state index contributed by atoms with van der Waals surface area (Å²) in [5.41, 5.74) is 1.18. The van der Waals surface area contributed by atoms with Crippen LogP contribution in [-0.4, -0.2) is 53.9 Å². The molecule has 2 aromatic carbocycles. The van der Waals surface area contributed by atoms with Crippen molar-refractivity contribution < 1.29 is 23.9 Å². The van der Waals surface area contributed by atoms with Gasteiger partial charge in [-0.3, -0.25) is 19.3 Å². The summed E-state index contributed by atoms with van der Waals surface area (Å²) in [6.07, 6.45) is 2.28. The average molecular weight is 412 g/mol. The maximum atomic E-state index is 13.1. The predicted octanol–water partition coefficient (Wildman–Crippen LogP) is 2.81. The van der Waals surface area contributed by atoms with Crippen molar-refractivity contribution in [2.75, 3.05) is 30.5 Å². The third-order valence-corrected chi connectivity index (χ3v) is 5.49. The fourth-order valence-corrected chi connectivity index (χ4v) is 3.90. The smallest absolute Gasteiger partial charge is 0.262 e. The SMILES string of the molecule is CSCC[C@H](C(=O)Nc1ccc2c(c1)OCCO2)N1C(=O)c2ccccc2C1=O. The zero-order valence-corrected chi connectivity index (χ0v) is 16.7. The van der Waals surface area contributed by atoms with E-state index < -0.39 is 23.8 Å². The Kier molecular flexibility index (Phi) is 5.44. The van der Waals surface area contributed by atoms with Gasteiger partial charge < -0.3 is 14.8 Å². The van der Waals surface area contributed by atoms with Gasteiger partial charge in [-0.1, -0.05) is 12.1 Å². The lowest BCUT2D eigenvalue weighted by molar-refractivity contribution is -0.120. The molecule has 0 fully saturated rings. The lowest BCUT2D eigenvalue weighted by Crippen LogP contribution is -2.47. The fraction of sp³-hybridized carbons (Fsp3) is 0.286. The Morgan fingerprint density at radius 1 is 1.07 bits per heavy atom. The maximum Gasteiger partial charge on any atom is 0.262 e. The first kappa shape index (κ1) is 19.3. The van der Waals surface area contributed by atoms with Crippen LogP contribution in [0.15, 0.2) is 42.5 Å². The largest absolute Gasteiger partial charge is 0.486 e. The molecule has 7 nitrogen and oxygen atoms in total. The van der Waals surface area contributed by atoms with E-state index in [1.54, 1.807) is 54.2 Å². The number of anilines is 1. The number of nitrogens with zero attached hydrogens (tertiary/aromatic N) is 1. The summed E-state index contributed by atoms with van der Waals surface area (Å²) >= 11 is 1.55. The molecule has 150 valence electrons. The number of imide groups is 1. The first-order chi connectivity index (χ1) is 14.1. The van der Waals surface area contributed by atoms with Gasteiger partial charge >= 0.3 is 0 Å². The number of benzene rings is 2. The highest BCUT2D eigenvalue weighted by atomic mass is 32.2. The van der Waals surface area contributed by atoms with Gasteiger partial charge in [0.15, 0.2) is 11.5 Å². The molecule has 3 amide bonds. The molecule has 0 saturated carbocycles. The van der Waals surface area contributed by atoms with Gasteiger partial charge in [-0.15, -0.1) is 0 Å². The lowest BCUT2D eigenvalue weighted by atomic mass is 10.1. The van der Waals surface area contributed by atoms with Crippen molar-refractivity contribution in [3.05, 3.63) is 53.6 Å². The molecule has 0 spiro atoms. The van der Waals surface area contributed by atoms with Gasteiger partial charge in [0, 0.05) is 11.8 Å². The molecule has 29 heavy (non-hydrogen) atoms. The van der Waals surface area contributed by atoms with Crippen LogP contribution in [0.1, 0.15) is 27.1 Å². The van der Waals surface area contributed by atoms with E-state index in [1.807, 2.05) is 6.26 Å². The molecule has 0 unspecified atom stereocenters. The second-order valence-corrected chi connectivity index (χ2v) is 7.66. The molecule has 0 bridgehead atoms. The minimum Gasteiger partial charge on any atom is -0.486 e. The number of carbonyl (C=O) groups is 3. The van der Waals surface area contributed by atoms with Crippen LogP contribution in [0.5, 0.6) is 11.5 Å². The summed E-state index contributed by atoms with van der Waals surface area (Å²) in [6, 6.07) is 10.9. The van der Waals surface area contributed by atoms with Crippen molar-refractivity contribution >= 4 is 35.2 Å². The van der Waals surface area contributed by atoms with Crippen LogP contribution in [0.25, 0.3) is 0 Å². The number of hydrogen-bond donors (Lipinski definition) is 1. The molecule has 1 N–H and O–H groups in total. The highest BCUT2D eigenvalue weighted by Gasteiger charge is 2.42. The van der Waals surface area contributed by atoms with Gasteiger partial charge in [0.2, 0.25) is 5.91 Å². The molecule has 0 aromatic heterocycles. The van der Waals surface area contributed by atoms with Crippen LogP contribution in [0.4, 0.5) is 5.69 Å². The third-order valence-electron chi connectivity index (χ3n) is 4.84. The van der Waals surface area contributed by atoms with Crippen molar-refractivity contribution in [3.8, 4) is 11.5 Å². The van der Waals surface area contributed by atoms with E-state index in [1.165, 1.54) is 0 Å². The zero-order valence-electron chi connectivity index (χ0n) is 15.8. The highest BCUT2D eigenvalue weighted by molar-refractivity contribution is 7.98. The fourth-order valence-electron chi connectivity index (χ4n) is 3.44. The Hall–Kier alpha value is -3.00. The predicted molar refractivity (Wildman–Crippen MR) is 110 cm³/mol. The maximum absolute atomic E-state index is 13.1. The van der Waals surface area contributed by atoms with E-state index in [2.05, 4.69) is 5.32 Å². The van der Waals surface area contributed by atoms with Gasteiger partial charge in [-0.2, -0.15) is 11.8 Å². The molecule has 2 heterocycles. The molecule has 0 saturated heterocycles. The van der Waals surface area contributed by atoms with Crippen LogP contribution in [0.3, 0.4) is 0 Å². The molecule has 0 radical (unpaired) electrons. The van der Waals surface area contributed by atoms with Gasteiger partial charge in [-0.25, -0.2) is 0 Å². The van der Waals surface area contributed by atoms with E-state index in [-0.39, 0.29) is 0 Å². The summed E-state index contributed by atoms with van der Waals surface area (Å²) < 4.78 is 11.0. The van der Waals surface area contributed by atoms with Crippen LogP contribution < -0.4 is 14.8 Å². The number of ether oxygens (including phenoxy) is 2. The minimum atomic E-state index is -0.900. The van der Waals surface area contributed by atoms with Crippen LogP contribution in [0.2, 0.25) is 0 Å². The summed E-state index contributed by atoms with van der Waals surface area (Å²) in [5, 5.41) is 2.82. The molecule has 0 aliphatic carbocycles. The molecule has 2 aliphatic heterocycles. The van der Waals surface area contributed by atoms with Crippen LogP contribution in [0, 0.1) is 0 Å². The standard InChI is InChI=1S/C21H20N2O5S/c1-29-11-8-16(23-20(25)14-4-2-3-5-15(14)21(23)26)19(24)22-13-6-7-17-18(12-13)28-10-9-27-17/h2-7,12,16H,8-11H2,1H3,(H,22,24)/t16-/m1/s1. The number of nitrogens with one attached hydrogen (secondary N) is 1. The Bertz CT molecular complexity index is 942. The van der Waals surface area contributed by atoms with Crippen molar-refractivity contribution in [2.24, 2.45) is 0 Å². The van der Waals surface area contributed by atoms with Crippen molar-refractivity contribution in [3.63, 3.8) is 0 Å². The van der Waals surface area contributed by atoms with Crippen LogP contribution >= 0.6 is 11.8 Å². The zero-order chi connectivity index (χ0) is 20.4. The van der Waals surface area contributed by atoms with Gasteiger partial charge in [0.1, 0.15) is 19.3 Å². The summed E-state index contributed by atoms with van der Waals surface area (Å²) in [6.45, 7) is 0.922. The normalized spacial score (nSPS) is 15.8. The Labute approximate surface area is 172 Å². The monoisotopic (exact) mass is 412 g/mol. The lowest BCUT2D eigenvalue weighted by Gasteiger charge is -2.25. The number of fused-ring (bicyclic) bond motifs is 2. The van der Waals surface area contributed by atoms with Crippen molar-refractivity contribution in [2.45, 2.75) is 12.5 Å². The topological polar surface area (TPSA) is 84.9 Å². The van der Waals surface area contributed by atoms with E-state index in [9.17, 15) is 14.4 Å². The Morgan fingerprint density at radius 2 is 1.72 bits per heavy atom. The molecular formula is C21H20N2O5S. The highest BCUT2D eigenvalue weighted by Crippen LogP contribution is 2.33. The molecule has 2 aromatic rings. The van der Waals surface area contributed by atoms with Gasteiger partial charge in [0.25, 0.3) is 11.8 Å². The quantitative estimate of drug-likeness (QED) is 0.735. The molecule has 4 rings (SSSR count). The molecule has 1 atom stereocenters. The molecule has 2 aliphatic rings. The summed E-state index contributed by atoms with van der Waals surface area (Å²) in [4.78, 5) is 39.8. The first-order valence-corrected chi connectivity index (χ1v) is 10.7. The first-order valence-electron chi connectivity index (χ1n) is 9.26. The van der Waals surface area contributed by atoms with E-state index in [0.717, 1.165) is 4.90 Å².